The van der Waals surface area contributed by atoms with Crippen LogP contribution in [0.25, 0.3) is 0 Å². The Labute approximate surface area is 250 Å². The van der Waals surface area contributed by atoms with Gasteiger partial charge >= 0.3 is 36.4 Å². The molecule has 45 heavy (non-hydrogen) atoms. The Hall–Kier alpha value is -3.39. The molecular weight excluding hydrogens is 641 g/mol. The normalized spacial score (nSPS) is 20.5. The number of hydrogen-bond donors (Lipinski definition) is 3. The lowest BCUT2D eigenvalue weighted by molar-refractivity contribution is -0.193. The molecule has 20 heteroatoms. The third kappa shape index (κ3) is 14.1. The Bertz CT molecular complexity index is 1020. The number of ether oxygens (including phenoxy) is 2. The third-order valence-corrected chi connectivity index (χ3v) is 6.89. The van der Waals surface area contributed by atoms with Crippen molar-refractivity contribution in [1.82, 2.24) is 14.8 Å². The van der Waals surface area contributed by atoms with E-state index in [0.29, 0.717) is 11.5 Å². The summed E-state index contributed by atoms with van der Waals surface area (Å²) in [6.45, 7) is 6.28. The Morgan fingerprint density at radius 1 is 0.889 bits per heavy atom. The first kappa shape index (κ1) is 39.6. The van der Waals surface area contributed by atoms with Gasteiger partial charge in [-0.3, -0.25) is 9.80 Å². The summed E-state index contributed by atoms with van der Waals surface area (Å²) in [5.41, 5.74) is 0.370. The van der Waals surface area contributed by atoms with E-state index in [2.05, 4.69) is 21.8 Å². The van der Waals surface area contributed by atoms with Crippen molar-refractivity contribution in [3.63, 3.8) is 0 Å². The van der Waals surface area contributed by atoms with Gasteiger partial charge in [0.2, 0.25) is 5.88 Å². The maximum atomic E-state index is 10.6. The van der Waals surface area contributed by atoms with Crippen molar-refractivity contribution in [1.29, 1.82) is 0 Å². The van der Waals surface area contributed by atoms with Crippen LogP contribution in [0.1, 0.15) is 25.7 Å². The molecule has 3 saturated heterocycles. The lowest BCUT2D eigenvalue weighted by atomic mass is 9.74. The van der Waals surface area contributed by atoms with Crippen LogP contribution in [0.2, 0.25) is 0 Å². The molecule has 0 aliphatic carbocycles. The Morgan fingerprint density at radius 3 is 1.76 bits per heavy atom. The summed E-state index contributed by atoms with van der Waals surface area (Å²) in [4.78, 5) is 36.2. The minimum atomic E-state index is -5.08. The highest BCUT2D eigenvalue weighted by Crippen LogP contribution is 2.40. The smallest absolute Gasteiger partial charge is 0.477 e. The molecule has 3 aliphatic rings. The highest BCUT2D eigenvalue weighted by atomic mass is 19.4. The predicted octanol–water partition coefficient (Wildman–Crippen LogP) is 3.94. The molecule has 258 valence electrons. The summed E-state index contributed by atoms with van der Waals surface area (Å²) in [6.07, 6.45) is -8.58. The monoisotopic (exact) mass is 673 g/mol. The maximum Gasteiger partial charge on any atom is 0.490 e. The van der Waals surface area contributed by atoms with Crippen molar-refractivity contribution in [3.05, 3.63) is 24.4 Å². The summed E-state index contributed by atoms with van der Waals surface area (Å²) in [5, 5.41) is 21.4. The zero-order chi connectivity index (χ0) is 34.6. The van der Waals surface area contributed by atoms with Gasteiger partial charge in [0.25, 0.3) is 0 Å². The van der Waals surface area contributed by atoms with Gasteiger partial charge in [-0.05, 0) is 51.3 Å². The van der Waals surface area contributed by atoms with Crippen LogP contribution >= 0.6 is 0 Å². The van der Waals surface area contributed by atoms with Gasteiger partial charge in [0.15, 0.2) is 0 Å². The maximum absolute atomic E-state index is 10.6. The second-order valence-electron chi connectivity index (χ2n) is 10.1. The number of likely N-dealkylation sites (tertiary alicyclic amines) is 2. The van der Waals surface area contributed by atoms with Gasteiger partial charge in [0, 0.05) is 50.1 Å². The molecule has 4 heterocycles. The summed E-state index contributed by atoms with van der Waals surface area (Å²) in [7, 11) is 2.30. The first-order chi connectivity index (χ1) is 20.6. The van der Waals surface area contributed by atoms with Crippen LogP contribution in [0.15, 0.2) is 24.4 Å². The molecule has 0 amide bonds. The number of aromatic nitrogens is 1. The van der Waals surface area contributed by atoms with Gasteiger partial charge in [-0.25, -0.2) is 19.4 Å². The third-order valence-electron chi connectivity index (χ3n) is 6.89. The second-order valence-corrected chi connectivity index (χ2v) is 10.1. The summed E-state index contributed by atoms with van der Waals surface area (Å²) in [6, 6.07) is 6.59. The van der Waals surface area contributed by atoms with E-state index in [1.807, 2.05) is 18.2 Å². The Balaban J connectivity index is 0.000000396. The largest absolute Gasteiger partial charge is 0.490 e. The summed E-state index contributed by atoms with van der Waals surface area (Å²) in [5.74, 6) is -6.88. The fraction of sp³-hybridized carbons (Fsp3) is 0.680. The number of carbonyl (C=O) groups is 3. The zero-order valence-corrected chi connectivity index (χ0v) is 23.7. The van der Waals surface area contributed by atoms with Crippen molar-refractivity contribution < 1.29 is 78.7 Å². The Morgan fingerprint density at radius 2 is 1.36 bits per heavy atom. The molecule has 0 aromatic carbocycles. The SMILES string of the molecule is CN1CCC(COc2ccccn2)CC12CN(C1CCOCC1)C2.O=C(O)C(F)(F)F.O=C(O)C(F)(F)F.O=C(O)C(F)(F)F. The highest BCUT2D eigenvalue weighted by molar-refractivity contribution is 5.73. The van der Waals surface area contributed by atoms with Gasteiger partial charge in [0.1, 0.15) is 0 Å². The van der Waals surface area contributed by atoms with Crippen molar-refractivity contribution >= 4 is 17.9 Å². The van der Waals surface area contributed by atoms with Crippen molar-refractivity contribution in [3.8, 4) is 5.88 Å². The predicted molar refractivity (Wildman–Crippen MR) is 134 cm³/mol. The van der Waals surface area contributed by atoms with Crippen molar-refractivity contribution in [2.24, 2.45) is 5.92 Å². The number of pyridine rings is 1. The number of hydrogen-bond acceptors (Lipinski definition) is 8. The first-order valence-corrected chi connectivity index (χ1v) is 13.1. The Kier molecular flexibility index (Phi) is 14.8. The van der Waals surface area contributed by atoms with E-state index in [4.69, 9.17) is 39.2 Å². The van der Waals surface area contributed by atoms with E-state index in [1.165, 1.54) is 45.3 Å². The van der Waals surface area contributed by atoms with Crippen LogP contribution in [0, 0.1) is 5.92 Å². The number of alkyl halides is 9. The fourth-order valence-corrected chi connectivity index (χ4v) is 4.58. The molecule has 3 N–H and O–H groups in total. The quantitative estimate of drug-likeness (QED) is 0.399. The van der Waals surface area contributed by atoms with Crippen molar-refractivity contribution in [2.45, 2.75) is 55.8 Å². The summed E-state index contributed by atoms with van der Waals surface area (Å²) < 4.78 is 107. The van der Waals surface area contributed by atoms with Gasteiger partial charge < -0.3 is 24.8 Å². The van der Waals surface area contributed by atoms with Gasteiger partial charge in [0.05, 0.1) is 6.61 Å². The summed E-state index contributed by atoms with van der Waals surface area (Å²) >= 11 is 0. The first-order valence-electron chi connectivity index (χ1n) is 13.1. The highest BCUT2D eigenvalue weighted by Gasteiger charge is 2.51. The molecule has 3 fully saturated rings. The van der Waals surface area contributed by atoms with E-state index in [-0.39, 0.29) is 0 Å². The van der Waals surface area contributed by atoms with E-state index < -0.39 is 36.4 Å². The van der Waals surface area contributed by atoms with Crippen LogP contribution in [-0.2, 0) is 19.1 Å². The average molecular weight is 674 g/mol. The molecular formula is C25H32F9N3O8. The molecule has 1 spiro atoms. The number of halogens is 9. The van der Waals surface area contributed by atoms with Crippen LogP contribution in [0.4, 0.5) is 39.5 Å². The van der Waals surface area contributed by atoms with Crippen LogP contribution in [-0.4, -0.2) is 125 Å². The molecule has 0 bridgehead atoms. The van der Waals surface area contributed by atoms with Gasteiger partial charge in [-0.1, -0.05) is 6.07 Å². The van der Waals surface area contributed by atoms with Crippen molar-refractivity contribution in [2.75, 3.05) is 46.5 Å². The molecule has 0 radical (unpaired) electrons. The van der Waals surface area contributed by atoms with Gasteiger partial charge in [-0.15, -0.1) is 0 Å². The number of piperidine rings is 1. The van der Waals surface area contributed by atoms with E-state index in [9.17, 15) is 39.5 Å². The molecule has 1 atom stereocenters. The van der Waals surface area contributed by atoms with E-state index >= 15 is 0 Å². The van der Waals surface area contributed by atoms with Crippen LogP contribution in [0.5, 0.6) is 5.88 Å². The number of carboxylic acids is 3. The topological polar surface area (TPSA) is 150 Å². The lowest BCUT2D eigenvalue weighted by Gasteiger charge is -2.61. The molecule has 0 saturated carbocycles. The van der Waals surface area contributed by atoms with Gasteiger partial charge in [-0.2, -0.15) is 39.5 Å². The lowest BCUT2D eigenvalue weighted by Crippen LogP contribution is -2.73. The number of aliphatic carboxylic acids is 3. The molecule has 1 unspecified atom stereocenters. The van der Waals surface area contributed by atoms with E-state index in [1.54, 1.807) is 6.20 Å². The van der Waals surface area contributed by atoms with Crippen LogP contribution < -0.4 is 4.74 Å². The molecule has 3 aliphatic heterocycles. The number of likely N-dealkylation sites (N-methyl/N-ethyl adjacent to an activating group) is 1. The minimum Gasteiger partial charge on any atom is -0.477 e. The van der Waals surface area contributed by atoms with E-state index in [0.717, 1.165) is 31.7 Å². The fourth-order valence-electron chi connectivity index (χ4n) is 4.58. The average Bonchev–Trinajstić information content (AvgIpc) is 2.92. The zero-order valence-electron chi connectivity index (χ0n) is 23.7. The molecule has 4 rings (SSSR count). The standard InChI is InChI=1S/C19H29N3O2.3C2HF3O2/c1-21-9-5-16(13-24-18-4-2-3-8-20-18)12-19(21)14-22(15-19)17-6-10-23-11-7-17;3*3-2(4,5)1(6)7/h2-4,8,16-17H,5-7,9-15H2,1H3;3*(H,6,7). The molecule has 1 aromatic rings. The van der Waals surface area contributed by atoms with Crippen LogP contribution in [0.3, 0.4) is 0 Å². The number of rotatable bonds is 4. The molecule has 11 nitrogen and oxygen atoms in total. The molecule has 1 aromatic heterocycles. The second kappa shape index (κ2) is 16.8. The number of nitrogens with zero attached hydrogens (tertiary/aromatic N) is 3. The minimum absolute atomic E-state index is 0.370. The number of carboxylic acid groups (broad SMARTS) is 3.